The maximum Gasteiger partial charge on any atom is 0.323 e. The number of anilines is 3. The van der Waals surface area contributed by atoms with Crippen LogP contribution in [-0.2, 0) is 0 Å². The van der Waals surface area contributed by atoms with Crippen LogP contribution >= 0.6 is 11.6 Å². The van der Waals surface area contributed by atoms with Crippen LogP contribution in [0.5, 0.6) is 0 Å². The monoisotopic (exact) mass is 486 g/mol. The first-order chi connectivity index (χ1) is 17.1. The minimum Gasteiger partial charge on any atom is -0.383 e. The number of nitrogens with one attached hydrogen (secondary N) is 3. The Kier molecular flexibility index (Phi) is 5.26. The van der Waals surface area contributed by atoms with Crippen molar-refractivity contribution in [2.75, 3.05) is 16.4 Å². The molecule has 0 bridgehead atoms. The summed E-state index contributed by atoms with van der Waals surface area (Å²) in [6.07, 6.45) is 8.27. The zero-order valence-corrected chi connectivity index (χ0v) is 19.5. The van der Waals surface area contributed by atoms with E-state index < -0.39 is 0 Å². The van der Waals surface area contributed by atoms with Crippen molar-refractivity contribution in [1.82, 2.24) is 24.5 Å². The van der Waals surface area contributed by atoms with E-state index in [1.807, 2.05) is 12.1 Å². The van der Waals surface area contributed by atoms with Gasteiger partial charge in [0.1, 0.15) is 23.6 Å². The number of aromatic nitrogens is 5. The van der Waals surface area contributed by atoms with Crippen molar-refractivity contribution < 1.29 is 4.79 Å². The standard InChI is InChI=1S/C25H23ClN8O/c26-17-7-3-4-8-18(17)33-25(35)30-14-9-10-19-20(11-14)32-23(31-19)16-12-34(15-5-1-2-6-15)24-21(16)22(27)28-13-29-24/h3-4,7-13,15H,1-2,5-6H2,(H,31,32)(H2,27,28,29)(H2,30,33,35). The van der Waals surface area contributed by atoms with E-state index in [1.165, 1.54) is 19.2 Å². The topological polar surface area (TPSA) is 127 Å². The number of hydrogen-bond donors (Lipinski definition) is 4. The molecule has 6 rings (SSSR count). The molecule has 0 aliphatic heterocycles. The highest BCUT2D eigenvalue weighted by Crippen LogP contribution is 2.38. The molecule has 2 aromatic carbocycles. The van der Waals surface area contributed by atoms with E-state index in [1.54, 1.807) is 30.3 Å². The van der Waals surface area contributed by atoms with Gasteiger partial charge in [0.25, 0.3) is 0 Å². The van der Waals surface area contributed by atoms with Crippen LogP contribution in [0.15, 0.2) is 55.0 Å². The quantitative estimate of drug-likeness (QED) is 0.249. The molecule has 3 aromatic heterocycles. The highest BCUT2D eigenvalue weighted by molar-refractivity contribution is 6.33. The minimum atomic E-state index is -0.387. The Balaban J connectivity index is 1.32. The number of urea groups is 1. The lowest BCUT2D eigenvalue weighted by molar-refractivity contribution is 0.262. The molecule has 0 saturated heterocycles. The van der Waals surface area contributed by atoms with Crippen molar-refractivity contribution in [3.05, 3.63) is 60.0 Å². The van der Waals surface area contributed by atoms with Crippen LogP contribution in [0.4, 0.5) is 22.0 Å². The molecule has 5 N–H and O–H groups in total. The van der Waals surface area contributed by atoms with Crippen molar-refractivity contribution in [3.8, 4) is 11.4 Å². The van der Waals surface area contributed by atoms with Crippen molar-refractivity contribution in [1.29, 1.82) is 0 Å². The number of carbonyl (C=O) groups excluding carboxylic acids is 1. The van der Waals surface area contributed by atoms with Gasteiger partial charge in [-0.25, -0.2) is 19.7 Å². The molecule has 5 aromatic rings. The van der Waals surface area contributed by atoms with Gasteiger partial charge in [0, 0.05) is 23.5 Å². The molecule has 1 aliphatic rings. The Hall–Kier alpha value is -4.11. The number of halogens is 1. The van der Waals surface area contributed by atoms with E-state index in [0.29, 0.717) is 34.1 Å². The number of fused-ring (bicyclic) bond motifs is 2. The third-order valence-corrected chi connectivity index (χ3v) is 6.80. The third-order valence-electron chi connectivity index (χ3n) is 6.47. The fourth-order valence-electron chi connectivity index (χ4n) is 4.81. The molecule has 176 valence electrons. The first-order valence-corrected chi connectivity index (χ1v) is 11.9. The molecule has 0 unspecified atom stereocenters. The normalized spacial score (nSPS) is 14.1. The van der Waals surface area contributed by atoms with Crippen LogP contribution in [0.25, 0.3) is 33.5 Å². The maximum absolute atomic E-state index is 12.5. The largest absolute Gasteiger partial charge is 0.383 e. The molecule has 0 radical (unpaired) electrons. The number of aromatic amines is 1. The molecule has 3 heterocycles. The third kappa shape index (κ3) is 3.93. The Labute approximate surface area is 205 Å². The van der Waals surface area contributed by atoms with Gasteiger partial charge in [0.2, 0.25) is 0 Å². The van der Waals surface area contributed by atoms with Gasteiger partial charge in [-0.15, -0.1) is 0 Å². The van der Waals surface area contributed by atoms with Gasteiger partial charge < -0.3 is 25.9 Å². The van der Waals surface area contributed by atoms with E-state index in [2.05, 4.69) is 36.3 Å². The van der Waals surface area contributed by atoms with Crippen LogP contribution in [-0.4, -0.2) is 30.5 Å². The molecular formula is C25H23ClN8O. The second-order valence-electron chi connectivity index (χ2n) is 8.72. The Morgan fingerprint density at radius 2 is 1.94 bits per heavy atom. The SMILES string of the molecule is Nc1ncnc2c1c(-c1nc3ccc(NC(=O)Nc4ccccc4Cl)cc3[nH]1)cn2C1CCCC1. The van der Waals surface area contributed by atoms with Crippen LogP contribution in [0, 0.1) is 0 Å². The predicted molar refractivity (Wildman–Crippen MR) is 139 cm³/mol. The number of amides is 2. The molecule has 10 heteroatoms. The number of imidazole rings is 1. The number of nitrogens with zero attached hydrogens (tertiary/aromatic N) is 4. The minimum absolute atomic E-state index is 0.387. The first-order valence-electron chi connectivity index (χ1n) is 11.5. The Morgan fingerprint density at radius 3 is 2.77 bits per heavy atom. The number of H-pyrrole nitrogens is 1. The van der Waals surface area contributed by atoms with Gasteiger partial charge in [-0.05, 0) is 43.2 Å². The summed E-state index contributed by atoms with van der Waals surface area (Å²) >= 11 is 6.13. The second-order valence-corrected chi connectivity index (χ2v) is 9.13. The summed E-state index contributed by atoms with van der Waals surface area (Å²) in [4.78, 5) is 29.4. The summed E-state index contributed by atoms with van der Waals surface area (Å²) in [7, 11) is 0. The zero-order valence-electron chi connectivity index (χ0n) is 18.8. The van der Waals surface area contributed by atoms with E-state index in [0.717, 1.165) is 40.5 Å². The number of benzene rings is 2. The summed E-state index contributed by atoms with van der Waals surface area (Å²) < 4.78 is 2.22. The van der Waals surface area contributed by atoms with Gasteiger partial charge in [0.15, 0.2) is 0 Å². The Bertz CT molecular complexity index is 1570. The Morgan fingerprint density at radius 1 is 1.11 bits per heavy atom. The average Bonchev–Trinajstić information content (AvgIpc) is 3.58. The summed E-state index contributed by atoms with van der Waals surface area (Å²) in [5.41, 5.74) is 10.7. The predicted octanol–water partition coefficient (Wildman–Crippen LogP) is 5.97. The summed E-state index contributed by atoms with van der Waals surface area (Å²) in [5.74, 6) is 1.11. The molecule has 1 aliphatic carbocycles. The summed E-state index contributed by atoms with van der Waals surface area (Å²) in [6.45, 7) is 0. The van der Waals surface area contributed by atoms with Gasteiger partial charge in [-0.1, -0.05) is 36.6 Å². The highest BCUT2D eigenvalue weighted by atomic mass is 35.5. The van der Waals surface area contributed by atoms with Crippen molar-refractivity contribution in [3.63, 3.8) is 0 Å². The number of nitrogens with two attached hydrogens (primary N) is 1. The fraction of sp³-hybridized carbons (Fsp3) is 0.200. The lowest BCUT2D eigenvalue weighted by Crippen LogP contribution is -2.19. The molecule has 2 amide bonds. The summed E-state index contributed by atoms with van der Waals surface area (Å²) in [5, 5.41) is 6.86. The van der Waals surface area contributed by atoms with Crippen LogP contribution in [0.1, 0.15) is 31.7 Å². The first kappa shape index (κ1) is 21.4. The van der Waals surface area contributed by atoms with Gasteiger partial charge in [-0.2, -0.15) is 0 Å². The van der Waals surface area contributed by atoms with E-state index in [-0.39, 0.29) is 6.03 Å². The molecule has 1 saturated carbocycles. The molecule has 1 fully saturated rings. The van der Waals surface area contributed by atoms with Crippen LogP contribution < -0.4 is 16.4 Å². The molecule has 35 heavy (non-hydrogen) atoms. The van der Waals surface area contributed by atoms with Gasteiger partial charge in [0.05, 0.1) is 27.1 Å². The maximum atomic E-state index is 12.5. The highest BCUT2D eigenvalue weighted by Gasteiger charge is 2.24. The molecular weight excluding hydrogens is 464 g/mol. The fourth-order valence-corrected chi connectivity index (χ4v) is 4.99. The van der Waals surface area contributed by atoms with E-state index in [9.17, 15) is 4.79 Å². The van der Waals surface area contributed by atoms with Gasteiger partial charge in [-0.3, -0.25) is 0 Å². The number of para-hydroxylation sites is 1. The van der Waals surface area contributed by atoms with Crippen LogP contribution in [0.2, 0.25) is 5.02 Å². The summed E-state index contributed by atoms with van der Waals surface area (Å²) in [6, 6.07) is 12.6. The van der Waals surface area contributed by atoms with E-state index in [4.69, 9.17) is 22.3 Å². The zero-order chi connectivity index (χ0) is 23.9. The lowest BCUT2D eigenvalue weighted by Gasteiger charge is -2.12. The van der Waals surface area contributed by atoms with Crippen molar-refractivity contribution in [2.24, 2.45) is 0 Å². The van der Waals surface area contributed by atoms with Crippen molar-refractivity contribution >= 4 is 56.9 Å². The van der Waals surface area contributed by atoms with Crippen molar-refractivity contribution in [2.45, 2.75) is 31.7 Å². The number of rotatable bonds is 4. The van der Waals surface area contributed by atoms with E-state index >= 15 is 0 Å². The molecule has 0 spiro atoms. The number of nitrogen functional groups attached to an aromatic ring is 1. The molecule has 0 atom stereocenters. The van der Waals surface area contributed by atoms with Crippen LogP contribution in [0.3, 0.4) is 0 Å². The second kappa shape index (κ2) is 8.59. The number of carbonyl (C=O) groups is 1. The molecule has 9 nitrogen and oxygen atoms in total. The lowest BCUT2D eigenvalue weighted by atomic mass is 10.2. The average molecular weight is 487 g/mol. The smallest absolute Gasteiger partial charge is 0.323 e. The van der Waals surface area contributed by atoms with Gasteiger partial charge >= 0.3 is 6.03 Å². The number of hydrogen-bond acceptors (Lipinski definition) is 5.